The molecule has 0 saturated carbocycles. The van der Waals surface area contributed by atoms with E-state index in [-0.39, 0.29) is 17.3 Å². The van der Waals surface area contributed by atoms with E-state index in [1.807, 2.05) is 0 Å². The molecule has 0 spiro atoms. The van der Waals surface area contributed by atoms with Gasteiger partial charge in [-0.25, -0.2) is 0 Å². The molecule has 0 saturated heterocycles. The number of hydrazone groups is 1. The summed E-state index contributed by atoms with van der Waals surface area (Å²) in [4.78, 5) is 33.8. The van der Waals surface area contributed by atoms with Gasteiger partial charge in [0, 0.05) is 31.5 Å². The van der Waals surface area contributed by atoms with Gasteiger partial charge in [-0.05, 0) is 12.1 Å². The molecule has 2 aromatic carbocycles. The topological polar surface area (TPSA) is 111 Å². The van der Waals surface area contributed by atoms with Gasteiger partial charge in [-0.1, -0.05) is 24.3 Å². The predicted octanol–water partition coefficient (Wildman–Crippen LogP) is 2.76. The van der Waals surface area contributed by atoms with Crippen molar-refractivity contribution in [3.05, 3.63) is 69.8 Å². The van der Waals surface area contributed by atoms with Crippen LogP contribution in [-0.4, -0.2) is 27.7 Å². The first kappa shape index (κ1) is 18.1. The van der Waals surface area contributed by atoms with Gasteiger partial charge < -0.3 is 9.47 Å². The maximum absolute atomic E-state index is 12.0. The van der Waals surface area contributed by atoms with Crippen LogP contribution >= 0.6 is 0 Å². The number of nitrogens with zero attached hydrogens (tertiary/aromatic N) is 3. The van der Waals surface area contributed by atoms with Crippen molar-refractivity contribution in [2.24, 2.45) is 5.10 Å². The zero-order valence-electron chi connectivity index (χ0n) is 14.5. The monoisotopic (exact) mass is 369 g/mol. The number of benzene rings is 2. The lowest BCUT2D eigenvalue weighted by atomic mass is 10.1. The highest BCUT2D eigenvalue weighted by molar-refractivity contribution is 5.99. The number of hydrogen-bond acceptors (Lipinski definition) is 7. The van der Waals surface area contributed by atoms with Gasteiger partial charge in [0.05, 0.1) is 10.5 Å². The summed E-state index contributed by atoms with van der Waals surface area (Å²) in [6, 6.07) is 12.3. The van der Waals surface area contributed by atoms with Crippen molar-refractivity contribution in [1.29, 1.82) is 0 Å². The number of amides is 1. The molecule has 0 bridgehead atoms. The highest BCUT2D eigenvalue weighted by atomic mass is 16.6. The Labute approximate surface area is 154 Å². The normalized spacial score (nSPS) is 15.7. The quantitative estimate of drug-likeness (QED) is 0.355. The van der Waals surface area contributed by atoms with Gasteiger partial charge in [-0.15, -0.1) is 5.10 Å². The number of non-ortho nitro benzene ring substituents is 1. The lowest BCUT2D eigenvalue weighted by Gasteiger charge is -2.19. The van der Waals surface area contributed by atoms with E-state index in [1.54, 1.807) is 30.3 Å². The Kier molecular flexibility index (Phi) is 4.84. The van der Waals surface area contributed by atoms with E-state index < -0.39 is 23.0 Å². The van der Waals surface area contributed by atoms with Crippen molar-refractivity contribution in [1.82, 2.24) is 5.01 Å². The summed E-state index contributed by atoms with van der Waals surface area (Å²) >= 11 is 0. The molecule has 0 N–H and O–H groups in total. The maximum Gasteiger partial charge on any atom is 0.308 e. The second-order valence-corrected chi connectivity index (χ2v) is 5.68. The molecule has 2 aromatic rings. The zero-order valence-corrected chi connectivity index (χ0v) is 14.5. The van der Waals surface area contributed by atoms with Gasteiger partial charge in [-0.2, -0.15) is 5.01 Å². The van der Waals surface area contributed by atoms with Crippen molar-refractivity contribution in [3.63, 3.8) is 0 Å². The predicted molar refractivity (Wildman–Crippen MR) is 93.7 cm³/mol. The van der Waals surface area contributed by atoms with Crippen molar-refractivity contribution < 1.29 is 24.0 Å². The Morgan fingerprint density at radius 3 is 2.59 bits per heavy atom. The average molecular weight is 369 g/mol. The summed E-state index contributed by atoms with van der Waals surface area (Å²) in [5.74, 6) is -0.628. The van der Waals surface area contributed by atoms with Crippen LogP contribution in [0, 0.1) is 10.1 Å². The van der Waals surface area contributed by atoms with Crippen LogP contribution in [0.15, 0.2) is 53.6 Å². The molecule has 9 heteroatoms. The van der Waals surface area contributed by atoms with Gasteiger partial charge in [0.25, 0.3) is 5.69 Å². The van der Waals surface area contributed by atoms with Crippen molar-refractivity contribution in [3.8, 4) is 5.75 Å². The Morgan fingerprint density at radius 2 is 1.93 bits per heavy atom. The molecule has 1 unspecified atom stereocenters. The van der Waals surface area contributed by atoms with Crippen molar-refractivity contribution in [2.45, 2.75) is 20.1 Å². The summed E-state index contributed by atoms with van der Waals surface area (Å²) in [6.45, 7) is 2.57. The van der Waals surface area contributed by atoms with Crippen LogP contribution in [0.5, 0.6) is 5.75 Å². The molecule has 1 amide bonds. The molecule has 1 aliphatic heterocycles. The molecule has 1 aliphatic rings. The number of ether oxygens (including phenoxy) is 2. The smallest absolute Gasteiger partial charge is 0.308 e. The fraction of sp³-hybridized carbons (Fsp3) is 0.167. The van der Waals surface area contributed by atoms with E-state index in [0.29, 0.717) is 11.1 Å². The molecular formula is C18H15N3O6. The molecule has 0 fully saturated rings. The Hall–Kier alpha value is -3.75. The third-order valence-corrected chi connectivity index (χ3v) is 3.70. The summed E-state index contributed by atoms with van der Waals surface area (Å²) in [6.07, 6.45) is -0.970. The fourth-order valence-corrected chi connectivity index (χ4v) is 2.57. The second-order valence-electron chi connectivity index (χ2n) is 5.68. The highest BCUT2D eigenvalue weighted by Gasteiger charge is 2.34. The molecule has 3 rings (SSSR count). The van der Waals surface area contributed by atoms with Gasteiger partial charge in [0.1, 0.15) is 5.75 Å². The Balaban J connectivity index is 1.99. The highest BCUT2D eigenvalue weighted by Crippen LogP contribution is 2.33. The van der Waals surface area contributed by atoms with Gasteiger partial charge in [0.2, 0.25) is 18.0 Å². The first-order valence-electron chi connectivity index (χ1n) is 7.94. The number of carbonyl (C=O) groups excluding carboxylic acids is 2. The number of nitro benzene ring substituents is 1. The summed E-state index contributed by atoms with van der Waals surface area (Å²) in [5, 5.41) is 16.3. The molecular weight excluding hydrogens is 354 g/mol. The lowest BCUT2D eigenvalue weighted by Crippen LogP contribution is -2.25. The fourth-order valence-electron chi connectivity index (χ4n) is 2.57. The molecule has 9 nitrogen and oxygen atoms in total. The first-order valence-corrected chi connectivity index (χ1v) is 7.94. The zero-order chi connectivity index (χ0) is 19.6. The summed E-state index contributed by atoms with van der Waals surface area (Å²) < 4.78 is 11.0. The van der Waals surface area contributed by atoms with E-state index >= 15 is 0 Å². The van der Waals surface area contributed by atoms with Crippen LogP contribution in [0.3, 0.4) is 0 Å². The van der Waals surface area contributed by atoms with E-state index in [1.165, 1.54) is 32.0 Å². The molecule has 0 radical (unpaired) electrons. The van der Waals surface area contributed by atoms with Crippen LogP contribution < -0.4 is 4.74 Å². The standard InChI is InChI=1S/C18H15N3O6/c1-11(22)20-18(13-6-5-7-14(10-13)21(24)25)27-17(19-20)15-8-3-4-9-16(15)26-12(2)23/h3-10,18H,1-2H3. The second kappa shape index (κ2) is 7.24. The summed E-state index contributed by atoms with van der Waals surface area (Å²) in [7, 11) is 0. The summed E-state index contributed by atoms with van der Waals surface area (Å²) in [5.41, 5.74) is 0.642. The molecule has 1 atom stereocenters. The molecule has 138 valence electrons. The van der Waals surface area contributed by atoms with E-state index in [9.17, 15) is 19.7 Å². The molecule has 1 heterocycles. The third kappa shape index (κ3) is 3.76. The van der Waals surface area contributed by atoms with Crippen LogP contribution in [0.4, 0.5) is 5.69 Å². The molecule has 0 aliphatic carbocycles. The van der Waals surface area contributed by atoms with Crippen LogP contribution in [0.25, 0.3) is 0 Å². The van der Waals surface area contributed by atoms with E-state index in [4.69, 9.17) is 9.47 Å². The van der Waals surface area contributed by atoms with Gasteiger partial charge in [-0.3, -0.25) is 19.7 Å². The number of hydrogen-bond donors (Lipinski definition) is 0. The lowest BCUT2D eigenvalue weighted by molar-refractivity contribution is -0.385. The molecule has 27 heavy (non-hydrogen) atoms. The number of carbonyl (C=O) groups is 2. The number of para-hydroxylation sites is 1. The van der Waals surface area contributed by atoms with Crippen LogP contribution in [0.2, 0.25) is 0 Å². The minimum Gasteiger partial charge on any atom is -0.446 e. The SMILES string of the molecule is CC(=O)Oc1ccccc1C1=NN(C(C)=O)C(c2cccc([N+](=O)[O-])c2)O1. The third-order valence-electron chi connectivity index (χ3n) is 3.70. The van der Waals surface area contributed by atoms with Gasteiger partial charge in [0.15, 0.2) is 0 Å². The first-order chi connectivity index (χ1) is 12.9. The largest absolute Gasteiger partial charge is 0.446 e. The van der Waals surface area contributed by atoms with E-state index in [0.717, 1.165) is 5.01 Å². The number of rotatable bonds is 4. The Morgan fingerprint density at radius 1 is 1.19 bits per heavy atom. The molecule has 0 aromatic heterocycles. The van der Waals surface area contributed by atoms with Crippen LogP contribution in [-0.2, 0) is 14.3 Å². The number of esters is 1. The van der Waals surface area contributed by atoms with E-state index in [2.05, 4.69) is 5.10 Å². The average Bonchev–Trinajstić information content (AvgIpc) is 3.07. The maximum atomic E-state index is 12.0. The minimum absolute atomic E-state index is 0.0681. The van der Waals surface area contributed by atoms with Crippen molar-refractivity contribution in [2.75, 3.05) is 0 Å². The minimum atomic E-state index is -0.970. The van der Waals surface area contributed by atoms with Crippen LogP contribution in [0.1, 0.15) is 31.2 Å². The van der Waals surface area contributed by atoms with Crippen molar-refractivity contribution >= 4 is 23.5 Å². The number of nitro groups is 1. The Bertz CT molecular complexity index is 956. The van der Waals surface area contributed by atoms with Gasteiger partial charge >= 0.3 is 5.97 Å².